The molecule has 0 N–H and O–H groups in total. The molecule has 0 aromatic rings. The maximum Gasteiger partial charge on any atom is 0.306 e. The van der Waals surface area contributed by atoms with Crippen LogP contribution in [0.25, 0.3) is 0 Å². The van der Waals surface area contributed by atoms with Crippen LogP contribution in [0.4, 0.5) is 0 Å². The van der Waals surface area contributed by atoms with Crippen LogP contribution in [0, 0.1) is 0 Å². The van der Waals surface area contributed by atoms with Gasteiger partial charge in [-0.15, -0.1) is 0 Å². The summed E-state index contributed by atoms with van der Waals surface area (Å²) in [5, 5.41) is 0. The predicted octanol–water partition coefficient (Wildman–Crippen LogP) is 20.0. The van der Waals surface area contributed by atoms with E-state index in [9.17, 15) is 14.4 Å². The fourth-order valence-corrected chi connectivity index (χ4v) is 7.79. The van der Waals surface area contributed by atoms with Crippen molar-refractivity contribution in [1.82, 2.24) is 0 Å². The van der Waals surface area contributed by atoms with Crippen molar-refractivity contribution < 1.29 is 28.6 Å². The van der Waals surface area contributed by atoms with Crippen molar-refractivity contribution >= 4 is 17.9 Å². The van der Waals surface area contributed by atoms with Crippen LogP contribution in [-0.4, -0.2) is 37.2 Å². The van der Waals surface area contributed by atoms with Crippen molar-refractivity contribution in [3.8, 4) is 0 Å². The Morgan fingerprint density at radius 3 is 0.917 bits per heavy atom. The lowest BCUT2D eigenvalue weighted by Gasteiger charge is -2.18. The summed E-state index contributed by atoms with van der Waals surface area (Å²) >= 11 is 0. The highest BCUT2D eigenvalue weighted by molar-refractivity contribution is 5.71. The molecule has 0 aromatic heterocycles. The maximum absolute atomic E-state index is 12.8. The van der Waals surface area contributed by atoms with Crippen LogP contribution in [0.2, 0.25) is 0 Å². The lowest BCUT2D eigenvalue weighted by molar-refractivity contribution is -0.167. The maximum atomic E-state index is 12.8. The van der Waals surface area contributed by atoms with Crippen LogP contribution in [0.15, 0.2) is 122 Å². The summed E-state index contributed by atoms with van der Waals surface area (Å²) in [5.41, 5.74) is 0. The fourth-order valence-electron chi connectivity index (χ4n) is 7.79. The van der Waals surface area contributed by atoms with Gasteiger partial charge < -0.3 is 14.2 Å². The molecule has 0 saturated heterocycles. The van der Waals surface area contributed by atoms with E-state index in [1.165, 1.54) is 109 Å². The van der Waals surface area contributed by atoms with E-state index in [-0.39, 0.29) is 37.5 Å². The molecule has 0 aliphatic heterocycles. The van der Waals surface area contributed by atoms with Crippen LogP contribution in [0.5, 0.6) is 0 Å². The first kappa shape index (κ1) is 67.8. The van der Waals surface area contributed by atoms with Gasteiger partial charge in [-0.1, -0.05) is 251 Å². The van der Waals surface area contributed by atoms with Crippen molar-refractivity contribution in [2.45, 2.75) is 264 Å². The zero-order chi connectivity index (χ0) is 52.2. The van der Waals surface area contributed by atoms with Crippen molar-refractivity contribution in [3.05, 3.63) is 122 Å². The molecule has 0 radical (unpaired) electrons. The van der Waals surface area contributed by atoms with E-state index in [1.807, 2.05) is 0 Å². The minimum Gasteiger partial charge on any atom is -0.462 e. The quantitative estimate of drug-likeness (QED) is 0.0261. The summed E-state index contributed by atoms with van der Waals surface area (Å²) in [4.78, 5) is 37.9. The van der Waals surface area contributed by atoms with Crippen LogP contribution < -0.4 is 0 Å². The first-order valence-electron chi connectivity index (χ1n) is 29.5. The summed E-state index contributed by atoms with van der Waals surface area (Å²) in [6.45, 7) is 6.41. The third-order valence-corrected chi connectivity index (χ3v) is 12.2. The molecule has 72 heavy (non-hydrogen) atoms. The van der Waals surface area contributed by atoms with Gasteiger partial charge in [0.25, 0.3) is 0 Å². The topological polar surface area (TPSA) is 78.9 Å². The van der Waals surface area contributed by atoms with E-state index in [0.717, 1.165) is 103 Å². The molecule has 0 aliphatic rings. The zero-order valence-corrected chi connectivity index (χ0v) is 46.7. The minimum absolute atomic E-state index is 0.0985. The Kier molecular flexibility index (Phi) is 55.9. The first-order chi connectivity index (χ1) is 35.5. The van der Waals surface area contributed by atoms with Gasteiger partial charge in [0, 0.05) is 19.3 Å². The Balaban J connectivity index is 4.27. The molecule has 0 heterocycles. The van der Waals surface area contributed by atoms with Crippen LogP contribution in [0.3, 0.4) is 0 Å². The number of rotatable bonds is 52. The Bertz CT molecular complexity index is 1520. The fraction of sp³-hybridized carbons (Fsp3) is 0.652. The Morgan fingerprint density at radius 2 is 0.556 bits per heavy atom. The summed E-state index contributed by atoms with van der Waals surface area (Å²) < 4.78 is 16.7. The number of hydrogen-bond acceptors (Lipinski definition) is 6. The number of unbranched alkanes of at least 4 members (excludes halogenated alkanes) is 21. The van der Waals surface area contributed by atoms with Gasteiger partial charge in [-0.3, -0.25) is 14.4 Å². The molecule has 6 heteroatoms. The number of esters is 3. The molecule has 1 atom stereocenters. The first-order valence-corrected chi connectivity index (χ1v) is 29.5. The minimum atomic E-state index is -0.802. The van der Waals surface area contributed by atoms with Crippen molar-refractivity contribution in [3.63, 3.8) is 0 Å². The van der Waals surface area contributed by atoms with Gasteiger partial charge in [0.05, 0.1) is 0 Å². The second-order valence-electron chi connectivity index (χ2n) is 19.2. The molecule has 0 aliphatic carbocycles. The molecule has 0 amide bonds. The van der Waals surface area contributed by atoms with Crippen molar-refractivity contribution in [2.24, 2.45) is 0 Å². The summed E-state index contributed by atoms with van der Waals surface area (Å²) in [6.07, 6.45) is 82.3. The highest BCUT2D eigenvalue weighted by Crippen LogP contribution is 2.14. The SMILES string of the molecule is CC/C=C\C/C=C\C/C=C\C/C=C\C/C=C\C/C=C\C/C=C\C/C=C\C/C=C\CCCC(=O)OCC(COC(=O)CCCCCCCC)OC(=O)CCCCCCCCCCC/C=C\CCCCCCCC. The second-order valence-corrected chi connectivity index (χ2v) is 19.2. The Labute approximate surface area is 443 Å². The lowest BCUT2D eigenvalue weighted by atomic mass is 10.1. The van der Waals surface area contributed by atoms with Gasteiger partial charge in [-0.25, -0.2) is 0 Å². The summed E-state index contributed by atoms with van der Waals surface area (Å²) in [5.74, 6) is -0.974. The number of allylic oxidation sites excluding steroid dienone is 20. The molecule has 408 valence electrons. The van der Waals surface area contributed by atoms with Crippen LogP contribution in [0.1, 0.15) is 258 Å². The number of hydrogen-bond donors (Lipinski definition) is 0. The molecule has 0 rings (SSSR count). The van der Waals surface area contributed by atoms with Gasteiger partial charge in [0.2, 0.25) is 0 Å². The summed E-state index contributed by atoms with van der Waals surface area (Å²) in [7, 11) is 0. The average Bonchev–Trinajstić information content (AvgIpc) is 3.38. The molecule has 0 bridgehead atoms. The third-order valence-electron chi connectivity index (χ3n) is 12.2. The molecule has 0 aromatic carbocycles. The Morgan fingerprint density at radius 1 is 0.292 bits per heavy atom. The predicted molar refractivity (Wildman–Crippen MR) is 311 cm³/mol. The van der Waals surface area contributed by atoms with E-state index in [4.69, 9.17) is 14.2 Å². The van der Waals surface area contributed by atoms with Crippen molar-refractivity contribution in [2.75, 3.05) is 13.2 Å². The number of ether oxygens (including phenoxy) is 3. The highest BCUT2D eigenvalue weighted by atomic mass is 16.6. The van der Waals surface area contributed by atoms with Gasteiger partial charge in [-0.05, 0) is 109 Å². The van der Waals surface area contributed by atoms with Gasteiger partial charge >= 0.3 is 17.9 Å². The van der Waals surface area contributed by atoms with Gasteiger partial charge in [0.15, 0.2) is 6.10 Å². The normalized spacial score (nSPS) is 13.0. The van der Waals surface area contributed by atoms with Crippen molar-refractivity contribution in [1.29, 1.82) is 0 Å². The smallest absolute Gasteiger partial charge is 0.306 e. The largest absolute Gasteiger partial charge is 0.462 e. The average molecular weight is 998 g/mol. The van der Waals surface area contributed by atoms with E-state index < -0.39 is 6.10 Å². The molecular weight excluding hydrogens is 889 g/mol. The molecule has 6 nitrogen and oxygen atoms in total. The van der Waals surface area contributed by atoms with E-state index >= 15 is 0 Å². The second kappa shape index (κ2) is 59.4. The lowest BCUT2D eigenvalue weighted by Crippen LogP contribution is -2.30. The van der Waals surface area contributed by atoms with E-state index in [0.29, 0.717) is 19.3 Å². The van der Waals surface area contributed by atoms with Crippen LogP contribution >= 0.6 is 0 Å². The number of carbonyl (C=O) groups excluding carboxylic acids is 3. The monoisotopic (exact) mass is 997 g/mol. The van der Waals surface area contributed by atoms with Gasteiger partial charge in [-0.2, -0.15) is 0 Å². The molecular formula is C66H108O6. The molecule has 0 fully saturated rings. The summed E-state index contributed by atoms with van der Waals surface area (Å²) in [6, 6.07) is 0. The molecule has 0 spiro atoms. The Hall–Kier alpha value is -4.19. The molecule has 0 saturated carbocycles. The zero-order valence-electron chi connectivity index (χ0n) is 46.7. The van der Waals surface area contributed by atoms with Gasteiger partial charge in [0.1, 0.15) is 13.2 Å². The van der Waals surface area contributed by atoms with E-state index in [1.54, 1.807) is 0 Å². The number of carbonyl (C=O) groups is 3. The van der Waals surface area contributed by atoms with E-state index in [2.05, 4.69) is 142 Å². The molecule has 1 unspecified atom stereocenters. The third kappa shape index (κ3) is 56.7. The van der Waals surface area contributed by atoms with Crippen LogP contribution in [-0.2, 0) is 28.6 Å². The standard InChI is InChI=1S/C66H108O6/c1-4-7-10-13-16-18-20-22-24-26-28-29-30-31-32-33-34-35-36-37-39-40-42-44-46-48-50-53-56-59-65(68)71-62-63(61-70-64(67)58-55-52-15-12-9-6-3)72-66(69)60-57-54-51-49-47-45-43-41-38-27-25-23-21-19-17-14-11-8-5-2/h7,10,16,18,22-25,28-29,31-32,34-35,37,39,42,44,48,50,63H,4-6,8-9,11-15,17,19-21,26-27,30,33,36,38,40-41,43,45-47,49,51-62H2,1-3H3/b10-7-,18-16-,24-22-,25-23-,29-28-,32-31-,35-34-,39-37-,44-42-,50-48-. The highest BCUT2D eigenvalue weighted by Gasteiger charge is 2.19.